The largest absolute Gasteiger partial charge is 0.490 e. The minimum atomic E-state index is -5.08. The van der Waals surface area contributed by atoms with E-state index in [4.69, 9.17) is 21.5 Å². The van der Waals surface area contributed by atoms with Gasteiger partial charge in [0.25, 0.3) is 5.91 Å². The first-order chi connectivity index (χ1) is 17.3. The van der Waals surface area contributed by atoms with Gasteiger partial charge in [0.2, 0.25) is 16.0 Å². The number of hydrogen-bond donors (Lipinski definition) is 2. The highest BCUT2D eigenvalue weighted by molar-refractivity contribution is 9.10. The van der Waals surface area contributed by atoms with Crippen LogP contribution in [0.3, 0.4) is 0 Å². The van der Waals surface area contributed by atoms with Crippen molar-refractivity contribution in [3.63, 3.8) is 0 Å². The fourth-order valence-corrected chi connectivity index (χ4v) is 5.34. The van der Waals surface area contributed by atoms with Gasteiger partial charge in [-0.15, -0.1) is 0 Å². The number of nitrogens with one attached hydrogen (secondary N) is 1. The smallest absolute Gasteiger partial charge is 0.475 e. The average molecular weight is 622 g/mol. The summed E-state index contributed by atoms with van der Waals surface area (Å²) in [4.78, 5) is 30.1. The molecule has 0 spiro atoms. The molecule has 15 heteroatoms. The first-order valence-electron chi connectivity index (χ1n) is 10.2. The van der Waals surface area contributed by atoms with Crippen molar-refractivity contribution >= 4 is 55.4 Å². The molecule has 0 fully saturated rings. The highest BCUT2D eigenvalue weighted by atomic mass is 79.9. The number of amides is 1. The van der Waals surface area contributed by atoms with E-state index in [-0.39, 0.29) is 23.3 Å². The number of benzene rings is 2. The van der Waals surface area contributed by atoms with Crippen LogP contribution in [0.25, 0.3) is 0 Å². The van der Waals surface area contributed by atoms with E-state index in [1.54, 1.807) is 54.7 Å². The molecular weight excluding hydrogens is 605 g/mol. The van der Waals surface area contributed by atoms with Crippen molar-refractivity contribution in [2.24, 2.45) is 0 Å². The van der Waals surface area contributed by atoms with Crippen LogP contribution in [-0.4, -0.2) is 52.4 Å². The summed E-state index contributed by atoms with van der Waals surface area (Å²) in [5, 5.41) is 10.2. The SMILES string of the molecule is O=C(Nc1ncc2c(n1)CCN(S(=O)(=O)c1cccc(Br)c1)C2)c1cccc(Cl)c1.O=C(O)C(F)(F)F. The molecule has 1 aromatic heterocycles. The molecule has 2 heterocycles. The lowest BCUT2D eigenvalue weighted by Crippen LogP contribution is -2.36. The van der Waals surface area contributed by atoms with Crippen LogP contribution in [0.15, 0.2) is 64.1 Å². The third-order valence-electron chi connectivity index (χ3n) is 4.89. The lowest BCUT2D eigenvalue weighted by Gasteiger charge is -2.27. The number of aliphatic carboxylic acids is 1. The summed E-state index contributed by atoms with van der Waals surface area (Å²) in [7, 11) is -3.63. The number of rotatable bonds is 4. The first-order valence-corrected chi connectivity index (χ1v) is 12.9. The molecule has 196 valence electrons. The Bertz CT molecular complexity index is 1440. The Hall–Kier alpha value is -3.07. The van der Waals surface area contributed by atoms with Crippen LogP contribution >= 0.6 is 27.5 Å². The molecule has 2 N–H and O–H groups in total. The van der Waals surface area contributed by atoms with Crippen molar-refractivity contribution < 1.29 is 36.3 Å². The van der Waals surface area contributed by atoms with Crippen molar-refractivity contribution in [3.05, 3.63) is 81.0 Å². The number of fused-ring (bicyclic) bond motifs is 1. The Morgan fingerprint density at radius 1 is 1.14 bits per heavy atom. The third-order valence-corrected chi connectivity index (χ3v) is 7.46. The summed E-state index contributed by atoms with van der Waals surface area (Å²) in [5.74, 6) is -2.96. The zero-order valence-electron chi connectivity index (χ0n) is 18.5. The molecule has 1 aliphatic rings. The number of carboxylic acids is 1. The van der Waals surface area contributed by atoms with Crippen molar-refractivity contribution in [2.45, 2.75) is 24.0 Å². The van der Waals surface area contributed by atoms with E-state index >= 15 is 0 Å². The second-order valence-corrected chi connectivity index (χ2v) is 10.8. The summed E-state index contributed by atoms with van der Waals surface area (Å²) in [6.07, 6.45) is -3.11. The highest BCUT2D eigenvalue weighted by Gasteiger charge is 2.38. The van der Waals surface area contributed by atoms with Crippen molar-refractivity contribution in [2.75, 3.05) is 11.9 Å². The van der Waals surface area contributed by atoms with Gasteiger partial charge in [0.1, 0.15) is 0 Å². The van der Waals surface area contributed by atoms with E-state index in [0.29, 0.717) is 39.3 Å². The highest BCUT2D eigenvalue weighted by Crippen LogP contribution is 2.26. The van der Waals surface area contributed by atoms with Gasteiger partial charge in [-0.05, 0) is 36.4 Å². The summed E-state index contributed by atoms with van der Waals surface area (Å²) in [6, 6.07) is 13.2. The van der Waals surface area contributed by atoms with Crippen molar-refractivity contribution in [1.29, 1.82) is 0 Å². The van der Waals surface area contributed by atoms with E-state index < -0.39 is 22.2 Å². The van der Waals surface area contributed by atoms with Crippen LogP contribution in [0, 0.1) is 0 Å². The molecule has 0 unspecified atom stereocenters. The Morgan fingerprint density at radius 3 is 2.43 bits per heavy atom. The Balaban J connectivity index is 0.000000479. The second-order valence-electron chi connectivity index (χ2n) is 7.48. The number of nitrogens with zero attached hydrogens (tertiary/aromatic N) is 3. The Labute approximate surface area is 222 Å². The number of sulfonamides is 1. The monoisotopic (exact) mass is 620 g/mol. The van der Waals surface area contributed by atoms with Crippen LogP contribution < -0.4 is 5.32 Å². The molecule has 0 aliphatic carbocycles. The lowest BCUT2D eigenvalue weighted by atomic mass is 10.1. The molecule has 0 saturated heterocycles. The van der Waals surface area contributed by atoms with Gasteiger partial charge in [-0.1, -0.05) is 39.7 Å². The van der Waals surface area contributed by atoms with Crippen LogP contribution in [0.4, 0.5) is 19.1 Å². The maximum Gasteiger partial charge on any atom is 0.490 e. The maximum absolute atomic E-state index is 12.9. The number of carbonyl (C=O) groups is 2. The van der Waals surface area contributed by atoms with E-state index in [1.807, 2.05) is 0 Å². The maximum atomic E-state index is 12.9. The first kappa shape index (κ1) is 28.5. The lowest BCUT2D eigenvalue weighted by molar-refractivity contribution is -0.192. The Morgan fingerprint density at radius 2 is 1.81 bits per heavy atom. The molecular formula is C22H17BrClF3N4O5S. The van der Waals surface area contributed by atoms with Gasteiger partial charge in [0.05, 0.1) is 10.6 Å². The number of anilines is 1. The number of hydrogen-bond acceptors (Lipinski definition) is 6. The average Bonchev–Trinajstić information content (AvgIpc) is 2.83. The zero-order chi connectivity index (χ0) is 27.4. The number of carbonyl (C=O) groups excluding carboxylic acids is 1. The predicted octanol–water partition coefficient (Wildman–Crippen LogP) is 4.53. The van der Waals surface area contributed by atoms with E-state index in [1.165, 1.54) is 4.31 Å². The molecule has 4 rings (SSSR count). The fourth-order valence-electron chi connectivity index (χ4n) is 3.14. The quantitative estimate of drug-likeness (QED) is 0.438. The van der Waals surface area contributed by atoms with Crippen LogP contribution in [0.5, 0.6) is 0 Å². The topological polar surface area (TPSA) is 130 Å². The van der Waals surface area contributed by atoms with Gasteiger partial charge in [-0.2, -0.15) is 17.5 Å². The predicted molar refractivity (Wildman–Crippen MR) is 131 cm³/mol. The van der Waals surface area contributed by atoms with Crippen molar-refractivity contribution in [3.8, 4) is 0 Å². The molecule has 1 amide bonds. The molecule has 0 radical (unpaired) electrons. The molecule has 0 atom stereocenters. The summed E-state index contributed by atoms with van der Waals surface area (Å²) in [5.41, 5.74) is 1.82. The minimum Gasteiger partial charge on any atom is -0.475 e. The second kappa shape index (κ2) is 11.5. The van der Waals surface area contributed by atoms with E-state index in [9.17, 15) is 26.4 Å². The molecule has 37 heavy (non-hydrogen) atoms. The molecule has 0 saturated carbocycles. The number of alkyl halides is 3. The van der Waals surface area contributed by atoms with E-state index in [2.05, 4.69) is 31.2 Å². The summed E-state index contributed by atoms with van der Waals surface area (Å²) < 4.78 is 59.7. The molecule has 0 bridgehead atoms. The normalized spacial score (nSPS) is 13.6. The molecule has 2 aromatic carbocycles. The molecule has 9 nitrogen and oxygen atoms in total. The fraction of sp³-hybridized carbons (Fsp3) is 0.182. The van der Waals surface area contributed by atoms with Crippen LogP contribution in [-0.2, 0) is 27.8 Å². The number of aromatic nitrogens is 2. The Kier molecular flexibility index (Phi) is 8.89. The van der Waals surface area contributed by atoms with Gasteiger partial charge < -0.3 is 5.11 Å². The number of halogens is 5. The van der Waals surface area contributed by atoms with Gasteiger partial charge >= 0.3 is 12.1 Å². The van der Waals surface area contributed by atoms with Crippen LogP contribution in [0.2, 0.25) is 5.02 Å². The van der Waals surface area contributed by atoms with Gasteiger partial charge in [-0.25, -0.2) is 23.2 Å². The standard InChI is InChI=1S/C20H16BrClN4O3S.C2HF3O2/c21-15-4-2-6-17(10-15)30(28,29)26-8-7-18-14(12-26)11-23-20(24-18)25-19(27)13-3-1-5-16(22)9-13;3-2(4,5)1(6)7/h1-6,9-11H,7-8,12H2,(H,23,24,25,27);(H,6,7). The van der Waals surface area contributed by atoms with Gasteiger partial charge in [0, 0.05) is 46.3 Å². The van der Waals surface area contributed by atoms with E-state index in [0.717, 1.165) is 0 Å². The van der Waals surface area contributed by atoms with Gasteiger partial charge in [-0.3, -0.25) is 10.1 Å². The van der Waals surface area contributed by atoms with Crippen molar-refractivity contribution in [1.82, 2.24) is 14.3 Å². The summed E-state index contributed by atoms with van der Waals surface area (Å²) in [6.45, 7) is 0.466. The third kappa shape index (κ3) is 7.47. The minimum absolute atomic E-state index is 0.169. The van der Waals surface area contributed by atoms with Gasteiger partial charge in [0.15, 0.2) is 0 Å². The molecule has 1 aliphatic heterocycles. The zero-order valence-corrected chi connectivity index (χ0v) is 21.7. The number of carboxylic acid groups (broad SMARTS) is 1. The molecule has 3 aromatic rings. The van der Waals surface area contributed by atoms with Crippen LogP contribution in [0.1, 0.15) is 21.6 Å². The summed E-state index contributed by atoms with van der Waals surface area (Å²) >= 11 is 9.23.